The van der Waals surface area contributed by atoms with E-state index in [9.17, 15) is 45.6 Å². The minimum atomic E-state index is -2.04. The molecular formula is C19H37NO11. The molecule has 9 atom stereocenters. The molecule has 0 radical (unpaired) electrons. The number of carbonyl (C=O) groups is 1. The van der Waals surface area contributed by atoms with Crippen molar-refractivity contribution < 1.29 is 55.1 Å². The SMILES string of the molecule is CCCCCCCNC(=O)C(O)C(O)C(OC1OC(CO)C(O)C(O)C1O)C(O)CO. The Kier molecular flexibility index (Phi) is 12.9. The number of hydrogen-bond donors (Lipinski definition) is 9. The van der Waals surface area contributed by atoms with Gasteiger partial charge in [-0.05, 0) is 6.42 Å². The number of ether oxygens (including phenoxy) is 2. The van der Waals surface area contributed by atoms with Crippen LogP contribution < -0.4 is 5.32 Å². The van der Waals surface area contributed by atoms with Gasteiger partial charge in [-0.1, -0.05) is 32.6 Å². The van der Waals surface area contributed by atoms with Crippen LogP contribution >= 0.6 is 0 Å². The minimum Gasteiger partial charge on any atom is -0.394 e. The molecule has 1 heterocycles. The second kappa shape index (κ2) is 14.3. The highest BCUT2D eigenvalue weighted by Gasteiger charge is 2.47. The largest absolute Gasteiger partial charge is 0.394 e. The minimum absolute atomic E-state index is 0.271. The van der Waals surface area contributed by atoms with Crippen LogP contribution in [0, 0.1) is 0 Å². The predicted molar refractivity (Wildman–Crippen MR) is 106 cm³/mol. The number of hydrogen-bond acceptors (Lipinski definition) is 11. The van der Waals surface area contributed by atoms with Gasteiger partial charge in [-0.25, -0.2) is 0 Å². The fourth-order valence-corrected chi connectivity index (χ4v) is 3.22. The fourth-order valence-electron chi connectivity index (χ4n) is 3.22. The summed E-state index contributed by atoms with van der Waals surface area (Å²) in [4.78, 5) is 12.1. The van der Waals surface area contributed by atoms with Crippen LogP contribution in [-0.4, -0.2) is 122 Å². The summed E-state index contributed by atoms with van der Waals surface area (Å²) < 4.78 is 10.4. The van der Waals surface area contributed by atoms with Crippen LogP contribution in [0.5, 0.6) is 0 Å². The highest BCUT2D eigenvalue weighted by atomic mass is 16.7. The van der Waals surface area contributed by atoms with E-state index in [0.717, 1.165) is 25.7 Å². The first-order chi connectivity index (χ1) is 14.7. The van der Waals surface area contributed by atoms with E-state index in [1.165, 1.54) is 0 Å². The van der Waals surface area contributed by atoms with Gasteiger partial charge in [0.25, 0.3) is 5.91 Å². The summed E-state index contributed by atoms with van der Waals surface area (Å²) in [5.74, 6) is -0.921. The molecule has 0 aromatic carbocycles. The Labute approximate surface area is 181 Å². The molecular weight excluding hydrogens is 418 g/mol. The summed E-state index contributed by atoms with van der Waals surface area (Å²) in [6.45, 7) is 0.685. The quantitative estimate of drug-likeness (QED) is 0.117. The van der Waals surface area contributed by atoms with Crippen molar-refractivity contribution in [1.29, 1.82) is 0 Å². The van der Waals surface area contributed by atoms with E-state index in [2.05, 4.69) is 12.2 Å². The molecule has 9 unspecified atom stereocenters. The third-order valence-corrected chi connectivity index (χ3v) is 5.21. The van der Waals surface area contributed by atoms with Crippen LogP contribution in [0.1, 0.15) is 39.0 Å². The Morgan fingerprint density at radius 2 is 1.65 bits per heavy atom. The molecule has 0 bridgehead atoms. The molecule has 1 rings (SSSR count). The van der Waals surface area contributed by atoms with Crippen LogP contribution in [0.2, 0.25) is 0 Å². The Morgan fingerprint density at radius 3 is 2.23 bits per heavy atom. The number of carbonyl (C=O) groups excluding carboxylic acids is 1. The van der Waals surface area contributed by atoms with E-state index in [1.54, 1.807) is 0 Å². The average molecular weight is 456 g/mol. The molecule has 0 aromatic heterocycles. The van der Waals surface area contributed by atoms with Gasteiger partial charge in [0.2, 0.25) is 0 Å². The van der Waals surface area contributed by atoms with Gasteiger partial charge in [-0.2, -0.15) is 0 Å². The van der Waals surface area contributed by atoms with Crippen molar-refractivity contribution in [3.63, 3.8) is 0 Å². The van der Waals surface area contributed by atoms with Crippen LogP contribution in [0.15, 0.2) is 0 Å². The summed E-state index contributed by atoms with van der Waals surface area (Å²) >= 11 is 0. The van der Waals surface area contributed by atoms with E-state index in [0.29, 0.717) is 6.42 Å². The van der Waals surface area contributed by atoms with Crippen molar-refractivity contribution in [2.45, 2.75) is 94.1 Å². The molecule has 0 aliphatic carbocycles. The molecule has 1 amide bonds. The van der Waals surface area contributed by atoms with Crippen molar-refractivity contribution in [2.24, 2.45) is 0 Å². The van der Waals surface area contributed by atoms with E-state index >= 15 is 0 Å². The summed E-state index contributed by atoms with van der Waals surface area (Å²) in [5, 5.41) is 81.2. The molecule has 1 fully saturated rings. The number of nitrogens with one attached hydrogen (secondary N) is 1. The molecule has 1 aliphatic heterocycles. The van der Waals surface area contributed by atoms with Crippen molar-refractivity contribution in [2.75, 3.05) is 19.8 Å². The normalized spacial score (nSPS) is 30.4. The lowest BCUT2D eigenvalue weighted by Crippen LogP contribution is -2.62. The lowest BCUT2D eigenvalue weighted by atomic mass is 9.98. The molecule has 0 saturated carbocycles. The second-order valence-corrected chi connectivity index (χ2v) is 7.69. The molecule has 184 valence electrons. The fraction of sp³-hybridized carbons (Fsp3) is 0.947. The summed E-state index contributed by atoms with van der Waals surface area (Å²) in [7, 11) is 0. The molecule has 0 spiro atoms. The third-order valence-electron chi connectivity index (χ3n) is 5.21. The van der Waals surface area contributed by atoms with Crippen molar-refractivity contribution in [1.82, 2.24) is 5.32 Å². The predicted octanol–water partition coefficient (Wildman–Crippen LogP) is -3.67. The van der Waals surface area contributed by atoms with E-state index in [4.69, 9.17) is 9.47 Å². The van der Waals surface area contributed by atoms with Crippen molar-refractivity contribution in [3.8, 4) is 0 Å². The van der Waals surface area contributed by atoms with E-state index in [-0.39, 0.29) is 6.54 Å². The number of unbranched alkanes of at least 4 members (excludes halogenated alkanes) is 4. The summed E-state index contributed by atoms with van der Waals surface area (Å²) in [5.41, 5.74) is 0. The Hall–Kier alpha value is -0.930. The van der Waals surface area contributed by atoms with Gasteiger partial charge in [0.05, 0.1) is 13.2 Å². The Morgan fingerprint density at radius 1 is 1.00 bits per heavy atom. The third kappa shape index (κ3) is 8.17. The molecule has 9 N–H and O–H groups in total. The smallest absolute Gasteiger partial charge is 0.251 e. The maximum Gasteiger partial charge on any atom is 0.251 e. The first-order valence-electron chi connectivity index (χ1n) is 10.6. The van der Waals surface area contributed by atoms with Crippen LogP contribution in [0.3, 0.4) is 0 Å². The molecule has 0 aromatic rings. The second-order valence-electron chi connectivity index (χ2n) is 7.69. The van der Waals surface area contributed by atoms with Crippen LogP contribution in [-0.2, 0) is 14.3 Å². The molecule has 12 nitrogen and oxygen atoms in total. The monoisotopic (exact) mass is 455 g/mol. The zero-order chi connectivity index (χ0) is 23.6. The van der Waals surface area contributed by atoms with Crippen LogP contribution in [0.25, 0.3) is 0 Å². The first-order valence-corrected chi connectivity index (χ1v) is 10.6. The standard InChI is InChI=1S/C19H37NO11/c1-2-3-4-5-6-7-20-18(29)15(27)14(26)17(10(23)8-21)31-19-16(28)13(25)12(24)11(9-22)30-19/h10-17,19,21-28H,2-9H2,1H3,(H,20,29). The van der Waals surface area contributed by atoms with Gasteiger partial charge in [0, 0.05) is 6.54 Å². The average Bonchev–Trinajstić information content (AvgIpc) is 2.77. The van der Waals surface area contributed by atoms with Gasteiger partial charge in [-0.3, -0.25) is 4.79 Å². The highest BCUT2D eigenvalue weighted by Crippen LogP contribution is 2.25. The van der Waals surface area contributed by atoms with Gasteiger partial charge in [0.15, 0.2) is 12.4 Å². The van der Waals surface area contributed by atoms with Crippen molar-refractivity contribution in [3.05, 3.63) is 0 Å². The number of rotatable bonds is 14. The molecule has 12 heteroatoms. The van der Waals surface area contributed by atoms with Gasteiger partial charge in [0.1, 0.15) is 42.7 Å². The Bertz CT molecular complexity index is 509. The summed E-state index contributed by atoms with van der Waals surface area (Å²) in [6, 6.07) is 0. The topological polar surface area (TPSA) is 209 Å². The first kappa shape index (κ1) is 28.1. The number of aliphatic hydroxyl groups is 8. The number of amides is 1. The van der Waals surface area contributed by atoms with Crippen molar-refractivity contribution >= 4 is 5.91 Å². The zero-order valence-electron chi connectivity index (χ0n) is 17.7. The van der Waals surface area contributed by atoms with E-state index < -0.39 is 74.2 Å². The van der Waals surface area contributed by atoms with Crippen LogP contribution in [0.4, 0.5) is 0 Å². The number of aliphatic hydroxyl groups excluding tert-OH is 8. The van der Waals surface area contributed by atoms with E-state index in [1.807, 2.05) is 0 Å². The lowest BCUT2D eigenvalue weighted by Gasteiger charge is -2.42. The lowest BCUT2D eigenvalue weighted by molar-refractivity contribution is -0.326. The molecule has 1 saturated heterocycles. The zero-order valence-corrected chi connectivity index (χ0v) is 17.7. The molecule has 1 aliphatic rings. The van der Waals surface area contributed by atoms with Gasteiger partial charge >= 0.3 is 0 Å². The summed E-state index contributed by atoms with van der Waals surface area (Å²) in [6.07, 6.45) is -11.3. The van der Waals surface area contributed by atoms with Gasteiger partial charge < -0.3 is 55.6 Å². The molecule has 31 heavy (non-hydrogen) atoms. The highest BCUT2D eigenvalue weighted by molar-refractivity contribution is 5.81. The van der Waals surface area contributed by atoms with Gasteiger partial charge in [-0.15, -0.1) is 0 Å². The Balaban J connectivity index is 2.73. The maximum absolute atomic E-state index is 12.1. The maximum atomic E-state index is 12.1.